The van der Waals surface area contributed by atoms with Gasteiger partial charge in [-0.25, -0.2) is 9.97 Å². The van der Waals surface area contributed by atoms with Crippen molar-refractivity contribution in [2.24, 2.45) is 0 Å². The zero-order valence-corrected chi connectivity index (χ0v) is 14.3. The zero-order chi connectivity index (χ0) is 16.2. The predicted octanol–water partition coefficient (Wildman–Crippen LogP) is 3.72. The summed E-state index contributed by atoms with van der Waals surface area (Å²) in [5.41, 5.74) is 0.662. The Bertz CT molecular complexity index is 661. The Morgan fingerprint density at radius 3 is 2.65 bits per heavy atom. The first kappa shape index (κ1) is 16.1. The highest BCUT2D eigenvalue weighted by Crippen LogP contribution is 2.23. The van der Waals surface area contributed by atoms with Crippen LogP contribution in [0.2, 0.25) is 0 Å². The van der Waals surface area contributed by atoms with Crippen molar-refractivity contribution in [3.8, 4) is 0 Å². The Balaban J connectivity index is 1.57. The Labute approximate surface area is 140 Å². The molecule has 1 fully saturated rings. The molecule has 0 radical (unpaired) electrons. The van der Waals surface area contributed by atoms with Gasteiger partial charge >= 0.3 is 0 Å². The van der Waals surface area contributed by atoms with Crippen LogP contribution in [0.4, 0.5) is 0 Å². The van der Waals surface area contributed by atoms with Crippen molar-refractivity contribution in [3.05, 3.63) is 41.7 Å². The summed E-state index contributed by atoms with van der Waals surface area (Å²) >= 11 is 1.56. The first-order valence-corrected chi connectivity index (χ1v) is 8.95. The minimum absolute atomic E-state index is 0.0841. The van der Waals surface area contributed by atoms with Crippen molar-refractivity contribution in [1.29, 1.82) is 0 Å². The molecular formula is C17H21N3O2S. The normalized spacial score (nSPS) is 14.7. The van der Waals surface area contributed by atoms with Crippen LogP contribution in [-0.4, -0.2) is 33.9 Å². The number of thioether (sulfide) groups is 1. The summed E-state index contributed by atoms with van der Waals surface area (Å²) < 4.78 is 5.68. The molecule has 0 N–H and O–H groups in total. The third-order valence-corrected chi connectivity index (χ3v) is 4.79. The summed E-state index contributed by atoms with van der Waals surface area (Å²) in [6.07, 6.45) is 5.65. The lowest BCUT2D eigenvalue weighted by atomic mass is 10.2. The van der Waals surface area contributed by atoms with E-state index in [-0.39, 0.29) is 5.91 Å². The predicted molar refractivity (Wildman–Crippen MR) is 89.5 cm³/mol. The number of nitrogens with zero attached hydrogens (tertiary/aromatic N) is 3. The van der Waals surface area contributed by atoms with Crippen LogP contribution in [0.3, 0.4) is 0 Å². The summed E-state index contributed by atoms with van der Waals surface area (Å²) in [6.45, 7) is 5.87. The van der Waals surface area contributed by atoms with Gasteiger partial charge in [-0.2, -0.15) is 0 Å². The Hall–Kier alpha value is -1.82. The molecule has 23 heavy (non-hydrogen) atoms. The molecule has 0 atom stereocenters. The van der Waals surface area contributed by atoms with E-state index >= 15 is 0 Å². The molecule has 2 aromatic rings. The molecule has 0 spiro atoms. The molecule has 0 unspecified atom stereocenters. The minimum atomic E-state index is 0.0841. The summed E-state index contributed by atoms with van der Waals surface area (Å²) in [7, 11) is 0. The summed E-state index contributed by atoms with van der Waals surface area (Å²) in [6, 6.07) is 3.74. The van der Waals surface area contributed by atoms with Crippen LogP contribution in [-0.2, 0) is 5.75 Å². The van der Waals surface area contributed by atoms with Crippen molar-refractivity contribution in [2.75, 3.05) is 13.1 Å². The van der Waals surface area contributed by atoms with Gasteiger partial charge in [0, 0.05) is 25.2 Å². The lowest BCUT2D eigenvalue weighted by Crippen LogP contribution is -2.27. The summed E-state index contributed by atoms with van der Waals surface area (Å²) in [5, 5.41) is 0.868. The molecule has 1 saturated heterocycles. The van der Waals surface area contributed by atoms with Gasteiger partial charge in [0.25, 0.3) is 5.91 Å². The molecule has 6 heteroatoms. The molecule has 0 bridgehead atoms. The first-order valence-electron chi connectivity index (χ1n) is 7.96. The number of oxazole rings is 1. The van der Waals surface area contributed by atoms with Crippen molar-refractivity contribution in [3.63, 3.8) is 0 Å². The van der Waals surface area contributed by atoms with Gasteiger partial charge in [-0.1, -0.05) is 25.6 Å². The Morgan fingerprint density at radius 1 is 1.26 bits per heavy atom. The van der Waals surface area contributed by atoms with E-state index in [1.54, 1.807) is 24.2 Å². The molecule has 5 nitrogen and oxygen atoms in total. The fourth-order valence-corrected chi connectivity index (χ4v) is 3.18. The van der Waals surface area contributed by atoms with Gasteiger partial charge < -0.3 is 9.32 Å². The third kappa shape index (κ3) is 3.93. The number of hydrogen-bond donors (Lipinski definition) is 0. The summed E-state index contributed by atoms with van der Waals surface area (Å²) in [5.74, 6) is 2.67. The fraction of sp³-hybridized carbons (Fsp3) is 0.471. The van der Waals surface area contributed by atoms with Crippen molar-refractivity contribution in [2.45, 2.75) is 43.4 Å². The monoisotopic (exact) mass is 331 g/mol. The van der Waals surface area contributed by atoms with Gasteiger partial charge in [-0.3, -0.25) is 4.79 Å². The average Bonchev–Trinajstić information content (AvgIpc) is 3.24. The molecule has 3 rings (SSSR count). The standard InChI is InChI=1S/C17H21N3O2S/c1-12(2)14-10-18-15(22-14)11-23-16-6-5-13(9-19-16)17(21)20-7-3-4-8-20/h5-6,9-10,12H,3-4,7-8,11H2,1-2H3. The van der Waals surface area contributed by atoms with E-state index in [9.17, 15) is 4.79 Å². The number of rotatable bonds is 5. The average molecular weight is 331 g/mol. The number of hydrogen-bond acceptors (Lipinski definition) is 5. The van der Waals surface area contributed by atoms with Gasteiger partial charge in [0.05, 0.1) is 22.5 Å². The van der Waals surface area contributed by atoms with E-state index < -0.39 is 0 Å². The van der Waals surface area contributed by atoms with Crippen LogP contribution in [0.25, 0.3) is 0 Å². The highest BCUT2D eigenvalue weighted by atomic mass is 32.2. The number of aromatic nitrogens is 2. The second-order valence-corrected chi connectivity index (χ2v) is 6.98. The number of amides is 1. The molecule has 3 heterocycles. The maximum absolute atomic E-state index is 12.3. The van der Waals surface area contributed by atoms with Crippen molar-refractivity contribution >= 4 is 17.7 Å². The van der Waals surface area contributed by atoms with Crippen molar-refractivity contribution < 1.29 is 9.21 Å². The smallest absolute Gasteiger partial charge is 0.255 e. The molecule has 122 valence electrons. The summed E-state index contributed by atoms with van der Waals surface area (Å²) in [4.78, 5) is 22.8. The number of pyridine rings is 1. The lowest BCUT2D eigenvalue weighted by Gasteiger charge is -2.14. The maximum atomic E-state index is 12.3. The Kier molecular flexibility index (Phi) is 5.00. The van der Waals surface area contributed by atoms with E-state index in [0.29, 0.717) is 23.1 Å². The number of carbonyl (C=O) groups excluding carboxylic acids is 1. The van der Waals surface area contributed by atoms with Gasteiger partial charge in [-0.05, 0) is 25.0 Å². The molecule has 0 aromatic carbocycles. The molecule has 1 aliphatic rings. The van der Waals surface area contributed by atoms with Gasteiger partial charge in [0.2, 0.25) is 5.89 Å². The van der Waals surface area contributed by atoms with Crippen LogP contribution in [0.1, 0.15) is 54.6 Å². The highest BCUT2D eigenvalue weighted by Gasteiger charge is 2.19. The van der Waals surface area contributed by atoms with Crippen LogP contribution in [0.15, 0.2) is 34.0 Å². The van der Waals surface area contributed by atoms with Gasteiger partial charge in [0.15, 0.2) is 0 Å². The van der Waals surface area contributed by atoms with Crippen LogP contribution >= 0.6 is 11.8 Å². The van der Waals surface area contributed by atoms with Crippen LogP contribution in [0, 0.1) is 0 Å². The highest BCUT2D eigenvalue weighted by molar-refractivity contribution is 7.98. The minimum Gasteiger partial charge on any atom is -0.445 e. The largest absolute Gasteiger partial charge is 0.445 e. The number of carbonyl (C=O) groups is 1. The van der Waals surface area contributed by atoms with Crippen LogP contribution < -0.4 is 0 Å². The maximum Gasteiger partial charge on any atom is 0.255 e. The molecule has 2 aromatic heterocycles. The quantitative estimate of drug-likeness (QED) is 0.782. The SMILES string of the molecule is CC(C)c1cnc(CSc2ccc(C(=O)N3CCCC3)cn2)o1. The number of likely N-dealkylation sites (tertiary alicyclic amines) is 1. The molecule has 0 saturated carbocycles. The first-order chi connectivity index (χ1) is 11.1. The molecular weight excluding hydrogens is 310 g/mol. The molecule has 0 aliphatic carbocycles. The van der Waals surface area contributed by atoms with Gasteiger partial charge in [0.1, 0.15) is 5.76 Å². The van der Waals surface area contributed by atoms with E-state index in [1.807, 2.05) is 17.0 Å². The third-order valence-electron chi connectivity index (χ3n) is 3.86. The zero-order valence-electron chi connectivity index (χ0n) is 13.5. The second kappa shape index (κ2) is 7.17. The fourth-order valence-electron chi connectivity index (χ4n) is 2.49. The molecule has 1 aliphatic heterocycles. The second-order valence-electron chi connectivity index (χ2n) is 5.98. The van der Waals surface area contributed by atoms with Crippen molar-refractivity contribution in [1.82, 2.24) is 14.9 Å². The van der Waals surface area contributed by atoms with Gasteiger partial charge in [-0.15, -0.1) is 0 Å². The van der Waals surface area contributed by atoms with Crippen LogP contribution in [0.5, 0.6) is 0 Å². The molecule has 1 amide bonds. The topological polar surface area (TPSA) is 59.2 Å². The van der Waals surface area contributed by atoms with E-state index in [2.05, 4.69) is 23.8 Å². The Morgan fingerprint density at radius 2 is 2.04 bits per heavy atom. The van der Waals surface area contributed by atoms with E-state index in [4.69, 9.17) is 4.42 Å². The van der Waals surface area contributed by atoms with E-state index in [0.717, 1.165) is 36.7 Å². The lowest BCUT2D eigenvalue weighted by molar-refractivity contribution is 0.0792. The van der Waals surface area contributed by atoms with E-state index in [1.165, 1.54) is 0 Å².